The van der Waals surface area contributed by atoms with Crippen molar-refractivity contribution in [3.63, 3.8) is 0 Å². The molecule has 0 saturated heterocycles. The number of halogens is 3. The molecule has 1 rings (SSSR count). The van der Waals surface area contributed by atoms with Crippen LogP contribution in [-0.2, 0) is 17.9 Å². The van der Waals surface area contributed by atoms with Gasteiger partial charge in [0.15, 0.2) is 6.10 Å². The zero-order chi connectivity index (χ0) is 13.6. The van der Waals surface area contributed by atoms with Crippen molar-refractivity contribution < 1.29 is 22.3 Å². The van der Waals surface area contributed by atoms with Crippen molar-refractivity contribution in [2.24, 2.45) is 0 Å². The van der Waals surface area contributed by atoms with E-state index < -0.39 is 12.3 Å². The predicted octanol–water partition coefficient (Wildman–Crippen LogP) is 3.25. The molecular weight excluding hydrogens is 247 g/mol. The van der Waals surface area contributed by atoms with Crippen LogP contribution in [0.1, 0.15) is 31.6 Å². The van der Waals surface area contributed by atoms with Gasteiger partial charge in [0, 0.05) is 12.1 Å². The summed E-state index contributed by atoms with van der Waals surface area (Å²) in [5.41, 5.74) is 0.904. The lowest BCUT2D eigenvalue weighted by Gasteiger charge is -2.15. The summed E-state index contributed by atoms with van der Waals surface area (Å²) in [4.78, 5) is 0. The van der Waals surface area contributed by atoms with Crippen molar-refractivity contribution in [2.45, 2.75) is 45.7 Å². The molecule has 1 heterocycles. The van der Waals surface area contributed by atoms with Crippen LogP contribution in [0.15, 0.2) is 16.7 Å². The first-order valence-corrected chi connectivity index (χ1v) is 5.88. The Bertz CT molecular complexity index is 349. The van der Waals surface area contributed by atoms with Gasteiger partial charge in [-0.3, -0.25) is 0 Å². The van der Waals surface area contributed by atoms with Crippen molar-refractivity contribution in [1.29, 1.82) is 0 Å². The predicted molar refractivity (Wildman–Crippen MR) is 61.0 cm³/mol. The van der Waals surface area contributed by atoms with Crippen LogP contribution in [0, 0.1) is 0 Å². The average molecular weight is 265 g/mol. The van der Waals surface area contributed by atoms with E-state index in [2.05, 4.69) is 12.2 Å². The minimum Gasteiger partial charge on any atom is -0.467 e. The second-order valence-corrected chi connectivity index (χ2v) is 4.09. The summed E-state index contributed by atoms with van der Waals surface area (Å²) in [5.74, 6) is 0.402. The topological polar surface area (TPSA) is 34.4 Å². The molecule has 0 aliphatic heterocycles. The molecule has 1 aromatic rings. The highest BCUT2D eigenvalue weighted by molar-refractivity contribution is 5.12. The molecule has 0 aliphatic rings. The lowest BCUT2D eigenvalue weighted by Crippen LogP contribution is -2.28. The Hall–Kier alpha value is -1.01. The van der Waals surface area contributed by atoms with E-state index in [1.807, 2.05) is 0 Å². The van der Waals surface area contributed by atoms with Crippen LogP contribution in [-0.4, -0.2) is 18.8 Å². The first-order chi connectivity index (χ1) is 8.43. The highest BCUT2D eigenvalue weighted by atomic mass is 19.4. The smallest absolute Gasteiger partial charge is 0.414 e. The quantitative estimate of drug-likeness (QED) is 0.768. The molecule has 104 valence electrons. The molecule has 0 aromatic carbocycles. The van der Waals surface area contributed by atoms with Gasteiger partial charge in [-0.05, 0) is 26.0 Å². The number of ether oxygens (including phenoxy) is 1. The minimum atomic E-state index is -4.34. The van der Waals surface area contributed by atoms with Crippen molar-refractivity contribution in [3.05, 3.63) is 23.7 Å². The molecule has 6 heteroatoms. The number of hydrogen-bond donors (Lipinski definition) is 1. The van der Waals surface area contributed by atoms with Gasteiger partial charge in [0.1, 0.15) is 12.4 Å². The van der Waals surface area contributed by atoms with Crippen molar-refractivity contribution >= 4 is 0 Å². The third-order valence-electron chi connectivity index (χ3n) is 2.40. The van der Waals surface area contributed by atoms with Crippen molar-refractivity contribution in [3.8, 4) is 0 Å². The zero-order valence-electron chi connectivity index (χ0n) is 10.5. The van der Waals surface area contributed by atoms with E-state index in [1.54, 1.807) is 6.07 Å². The van der Waals surface area contributed by atoms with Crippen LogP contribution in [0.4, 0.5) is 13.2 Å². The molecule has 3 nitrogen and oxygen atoms in total. The SMILES string of the molecule is CCCNCc1coc(COC(C)C(F)(F)F)c1. The maximum Gasteiger partial charge on any atom is 0.414 e. The van der Waals surface area contributed by atoms with Crippen LogP contribution >= 0.6 is 0 Å². The van der Waals surface area contributed by atoms with E-state index in [1.165, 1.54) is 6.26 Å². The van der Waals surface area contributed by atoms with Gasteiger partial charge >= 0.3 is 6.18 Å². The molecule has 0 fully saturated rings. The van der Waals surface area contributed by atoms with Crippen LogP contribution in [0.5, 0.6) is 0 Å². The number of alkyl halides is 3. The van der Waals surface area contributed by atoms with Crippen LogP contribution < -0.4 is 5.32 Å². The maximum atomic E-state index is 12.2. The third-order valence-corrected chi connectivity index (χ3v) is 2.40. The summed E-state index contributed by atoms with van der Waals surface area (Å²) >= 11 is 0. The lowest BCUT2D eigenvalue weighted by molar-refractivity contribution is -0.218. The van der Waals surface area contributed by atoms with Crippen LogP contribution in [0.2, 0.25) is 0 Å². The molecule has 0 radical (unpaired) electrons. The fraction of sp³-hybridized carbons (Fsp3) is 0.667. The summed E-state index contributed by atoms with van der Waals surface area (Å²) in [5, 5.41) is 3.17. The van der Waals surface area contributed by atoms with Crippen molar-refractivity contribution in [2.75, 3.05) is 6.54 Å². The Kier molecular flexibility index (Phi) is 5.68. The molecule has 1 atom stereocenters. The lowest BCUT2D eigenvalue weighted by atomic mass is 10.3. The molecule has 0 amide bonds. The second kappa shape index (κ2) is 6.80. The van der Waals surface area contributed by atoms with E-state index in [-0.39, 0.29) is 6.61 Å². The molecule has 0 aliphatic carbocycles. The standard InChI is InChI=1S/C12H18F3NO2/c1-3-4-16-6-10-5-11(18-7-10)8-17-9(2)12(13,14)15/h5,7,9,16H,3-4,6,8H2,1-2H3. The fourth-order valence-corrected chi connectivity index (χ4v) is 1.31. The Morgan fingerprint density at radius 1 is 1.44 bits per heavy atom. The van der Waals surface area contributed by atoms with E-state index in [0.29, 0.717) is 12.3 Å². The summed E-state index contributed by atoms with van der Waals surface area (Å²) in [6.45, 7) is 4.40. The maximum absolute atomic E-state index is 12.2. The molecule has 0 bridgehead atoms. The van der Waals surface area contributed by atoms with Gasteiger partial charge in [-0.25, -0.2) is 0 Å². The van der Waals surface area contributed by atoms with E-state index in [9.17, 15) is 13.2 Å². The van der Waals surface area contributed by atoms with Gasteiger partial charge in [-0.1, -0.05) is 6.92 Å². The Labute approximate surface area is 104 Å². The average Bonchev–Trinajstić information content (AvgIpc) is 2.73. The van der Waals surface area contributed by atoms with Gasteiger partial charge in [0.05, 0.1) is 6.26 Å². The van der Waals surface area contributed by atoms with Crippen LogP contribution in [0.3, 0.4) is 0 Å². The highest BCUT2D eigenvalue weighted by Crippen LogP contribution is 2.23. The van der Waals surface area contributed by atoms with E-state index >= 15 is 0 Å². The van der Waals surface area contributed by atoms with Gasteiger partial charge < -0.3 is 14.5 Å². The molecule has 1 aromatic heterocycles. The largest absolute Gasteiger partial charge is 0.467 e. The third kappa shape index (κ3) is 5.10. The Morgan fingerprint density at radius 2 is 2.17 bits per heavy atom. The van der Waals surface area contributed by atoms with E-state index in [4.69, 9.17) is 9.15 Å². The van der Waals surface area contributed by atoms with Gasteiger partial charge in [0.25, 0.3) is 0 Å². The normalized spacial score (nSPS) is 13.8. The fourth-order valence-electron chi connectivity index (χ4n) is 1.31. The molecule has 0 spiro atoms. The van der Waals surface area contributed by atoms with Gasteiger partial charge in [-0.2, -0.15) is 13.2 Å². The summed E-state index contributed by atoms with van der Waals surface area (Å²) in [6.07, 6.45) is -3.57. The molecule has 1 N–H and O–H groups in total. The number of rotatable bonds is 7. The molecule has 18 heavy (non-hydrogen) atoms. The van der Waals surface area contributed by atoms with Crippen LogP contribution in [0.25, 0.3) is 0 Å². The molecule has 0 saturated carbocycles. The first kappa shape index (κ1) is 15.0. The second-order valence-electron chi connectivity index (χ2n) is 4.09. The molecular formula is C12H18F3NO2. The van der Waals surface area contributed by atoms with E-state index in [0.717, 1.165) is 25.5 Å². The molecule has 1 unspecified atom stereocenters. The Morgan fingerprint density at radius 3 is 2.78 bits per heavy atom. The van der Waals surface area contributed by atoms with Gasteiger partial charge in [0.2, 0.25) is 0 Å². The number of hydrogen-bond acceptors (Lipinski definition) is 3. The summed E-state index contributed by atoms with van der Waals surface area (Å²) in [7, 11) is 0. The highest BCUT2D eigenvalue weighted by Gasteiger charge is 2.36. The van der Waals surface area contributed by atoms with Crippen molar-refractivity contribution in [1.82, 2.24) is 5.32 Å². The Balaban J connectivity index is 2.35. The first-order valence-electron chi connectivity index (χ1n) is 5.88. The van der Waals surface area contributed by atoms with Gasteiger partial charge in [-0.15, -0.1) is 0 Å². The minimum absolute atomic E-state index is 0.172. The number of nitrogens with one attached hydrogen (secondary N) is 1. The monoisotopic (exact) mass is 265 g/mol. The summed E-state index contributed by atoms with van der Waals surface area (Å²) in [6, 6.07) is 1.70. The zero-order valence-corrected chi connectivity index (χ0v) is 10.5. The number of furan rings is 1. The summed E-state index contributed by atoms with van der Waals surface area (Å²) < 4.78 is 46.4.